The summed E-state index contributed by atoms with van der Waals surface area (Å²) in [5.41, 5.74) is 1.05. The van der Waals surface area contributed by atoms with Crippen molar-refractivity contribution in [3.8, 4) is 0 Å². The lowest BCUT2D eigenvalue weighted by molar-refractivity contribution is 0.276. The highest BCUT2D eigenvalue weighted by molar-refractivity contribution is 14.1. The average Bonchev–Trinajstić information content (AvgIpc) is 2.39. The summed E-state index contributed by atoms with van der Waals surface area (Å²) in [4.78, 5) is 4.26. The molecule has 1 aromatic carbocycles. The molecule has 2 N–H and O–H groups in total. The standard InChI is InChI=1S/C13H13IN2O/c14-11-7-4-8-15-13(11)16-12(9-17)10-5-2-1-3-6-10/h1-8,12,17H,9H2,(H,15,16)/t12-/m1/s1. The number of pyridine rings is 1. The van der Waals surface area contributed by atoms with Gasteiger partial charge in [0.2, 0.25) is 0 Å². The van der Waals surface area contributed by atoms with Gasteiger partial charge in [-0.1, -0.05) is 30.3 Å². The van der Waals surface area contributed by atoms with Crippen LogP contribution in [0.4, 0.5) is 5.82 Å². The van der Waals surface area contributed by atoms with Crippen molar-refractivity contribution in [2.75, 3.05) is 11.9 Å². The van der Waals surface area contributed by atoms with Gasteiger partial charge in [0.05, 0.1) is 16.2 Å². The minimum Gasteiger partial charge on any atom is -0.394 e. The van der Waals surface area contributed by atoms with E-state index in [2.05, 4.69) is 32.9 Å². The number of hydrogen-bond acceptors (Lipinski definition) is 3. The molecule has 0 saturated heterocycles. The Bertz CT molecular complexity index is 476. The van der Waals surface area contributed by atoms with Gasteiger partial charge in [-0.05, 0) is 40.3 Å². The lowest BCUT2D eigenvalue weighted by Crippen LogP contribution is -2.16. The maximum absolute atomic E-state index is 9.44. The van der Waals surface area contributed by atoms with Gasteiger partial charge in [-0.25, -0.2) is 4.98 Å². The summed E-state index contributed by atoms with van der Waals surface area (Å²) in [6.45, 7) is 0.0384. The summed E-state index contributed by atoms with van der Waals surface area (Å²) >= 11 is 2.22. The molecule has 88 valence electrons. The van der Waals surface area contributed by atoms with Gasteiger partial charge in [-0.15, -0.1) is 0 Å². The second-order valence-electron chi connectivity index (χ2n) is 3.62. The molecule has 2 aromatic rings. The molecular weight excluding hydrogens is 327 g/mol. The van der Waals surface area contributed by atoms with Gasteiger partial charge >= 0.3 is 0 Å². The van der Waals surface area contributed by atoms with E-state index in [0.717, 1.165) is 15.0 Å². The Balaban J connectivity index is 2.19. The Labute approximate surface area is 114 Å². The molecule has 0 saturated carbocycles. The predicted molar refractivity (Wildman–Crippen MR) is 76.8 cm³/mol. The van der Waals surface area contributed by atoms with E-state index in [-0.39, 0.29) is 12.6 Å². The van der Waals surface area contributed by atoms with Crippen molar-refractivity contribution in [1.29, 1.82) is 0 Å². The number of halogens is 1. The van der Waals surface area contributed by atoms with E-state index in [1.807, 2.05) is 42.5 Å². The van der Waals surface area contributed by atoms with Gasteiger partial charge < -0.3 is 10.4 Å². The Morgan fingerprint density at radius 2 is 1.94 bits per heavy atom. The molecule has 1 heterocycles. The molecule has 17 heavy (non-hydrogen) atoms. The van der Waals surface area contributed by atoms with Gasteiger partial charge in [-0.3, -0.25) is 0 Å². The first kappa shape index (κ1) is 12.3. The van der Waals surface area contributed by atoms with Crippen LogP contribution in [0.1, 0.15) is 11.6 Å². The van der Waals surface area contributed by atoms with Crippen molar-refractivity contribution >= 4 is 28.4 Å². The van der Waals surface area contributed by atoms with Crippen LogP contribution < -0.4 is 5.32 Å². The number of rotatable bonds is 4. The zero-order valence-electron chi connectivity index (χ0n) is 9.18. The predicted octanol–water partition coefficient (Wildman–Crippen LogP) is 2.83. The van der Waals surface area contributed by atoms with Crippen LogP contribution in [0.15, 0.2) is 48.7 Å². The molecule has 3 nitrogen and oxygen atoms in total. The zero-order chi connectivity index (χ0) is 12.1. The number of aromatic nitrogens is 1. The highest BCUT2D eigenvalue weighted by Crippen LogP contribution is 2.21. The fourth-order valence-corrected chi connectivity index (χ4v) is 2.08. The third-order valence-electron chi connectivity index (χ3n) is 2.45. The number of nitrogens with one attached hydrogen (secondary N) is 1. The van der Waals surface area contributed by atoms with Gasteiger partial charge in [0.25, 0.3) is 0 Å². The molecule has 2 rings (SSSR count). The Morgan fingerprint density at radius 3 is 2.59 bits per heavy atom. The minimum absolute atomic E-state index is 0.0384. The molecule has 0 amide bonds. The minimum atomic E-state index is -0.125. The number of benzene rings is 1. The maximum atomic E-state index is 9.44. The number of aliphatic hydroxyl groups is 1. The molecule has 0 unspecified atom stereocenters. The van der Waals surface area contributed by atoms with E-state index in [1.54, 1.807) is 6.20 Å². The fourth-order valence-electron chi connectivity index (χ4n) is 1.58. The van der Waals surface area contributed by atoms with Crippen molar-refractivity contribution in [2.45, 2.75) is 6.04 Å². The summed E-state index contributed by atoms with van der Waals surface area (Å²) in [5.74, 6) is 0.802. The van der Waals surface area contributed by atoms with Crippen LogP contribution in [0, 0.1) is 3.57 Å². The molecule has 1 aromatic heterocycles. The van der Waals surface area contributed by atoms with E-state index in [9.17, 15) is 5.11 Å². The van der Waals surface area contributed by atoms with Crippen LogP contribution in [0.2, 0.25) is 0 Å². The Hall–Kier alpha value is -1.14. The summed E-state index contributed by atoms with van der Waals surface area (Å²) in [5, 5.41) is 12.7. The van der Waals surface area contributed by atoms with Crippen LogP contribution in [0.5, 0.6) is 0 Å². The van der Waals surface area contributed by atoms with Crippen LogP contribution >= 0.6 is 22.6 Å². The molecular formula is C13H13IN2O. The quantitative estimate of drug-likeness (QED) is 0.842. The van der Waals surface area contributed by atoms with Crippen LogP contribution in [0.25, 0.3) is 0 Å². The second-order valence-corrected chi connectivity index (χ2v) is 4.79. The highest BCUT2D eigenvalue weighted by Gasteiger charge is 2.11. The largest absolute Gasteiger partial charge is 0.394 e. The van der Waals surface area contributed by atoms with Crippen LogP contribution in [0.3, 0.4) is 0 Å². The number of aliphatic hydroxyl groups excluding tert-OH is 1. The van der Waals surface area contributed by atoms with Crippen LogP contribution in [-0.2, 0) is 0 Å². The first-order chi connectivity index (χ1) is 8.31. The maximum Gasteiger partial charge on any atom is 0.139 e. The van der Waals surface area contributed by atoms with E-state index < -0.39 is 0 Å². The smallest absolute Gasteiger partial charge is 0.139 e. The molecule has 1 atom stereocenters. The van der Waals surface area contributed by atoms with Gasteiger partial charge in [0.15, 0.2) is 0 Å². The molecule has 0 fully saturated rings. The summed E-state index contributed by atoms with van der Waals surface area (Å²) in [6, 6.07) is 13.6. The molecule has 0 aliphatic rings. The normalized spacial score (nSPS) is 12.1. The lowest BCUT2D eigenvalue weighted by Gasteiger charge is -2.18. The molecule has 0 aliphatic heterocycles. The SMILES string of the molecule is OC[C@@H](Nc1ncccc1I)c1ccccc1. The number of hydrogen-bond donors (Lipinski definition) is 2. The lowest BCUT2D eigenvalue weighted by atomic mass is 10.1. The van der Waals surface area contributed by atoms with E-state index in [0.29, 0.717) is 0 Å². The molecule has 4 heteroatoms. The van der Waals surface area contributed by atoms with Gasteiger partial charge in [0, 0.05) is 6.20 Å². The first-order valence-corrected chi connectivity index (χ1v) is 6.42. The van der Waals surface area contributed by atoms with Crippen molar-refractivity contribution in [2.24, 2.45) is 0 Å². The number of nitrogens with zero attached hydrogens (tertiary/aromatic N) is 1. The van der Waals surface area contributed by atoms with Crippen molar-refractivity contribution < 1.29 is 5.11 Å². The Kier molecular flexibility index (Phi) is 4.33. The van der Waals surface area contributed by atoms with Crippen molar-refractivity contribution in [3.05, 3.63) is 57.8 Å². The number of anilines is 1. The summed E-state index contributed by atoms with van der Waals surface area (Å²) in [7, 11) is 0. The zero-order valence-corrected chi connectivity index (χ0v) is 11.3. The molecule has 0 aliphatic carbocycles. The second kappa shape index (κ2) is 5.97. The molecule has 0 radical (unpaired) electrons. The fraction of sp³-hybridized carbons (Fsp3) is 0.154. The summed E-state index contributed by atoms with van der Waals surface area (Å²) < 4.78 is 1.04. The van der Waals surface area contributed by atoms with Gasteiger partial charge in [0.1, 0.15) is 5.82 Å². The summed E-state index contributed by atoms with van der Waals surface area (Å²) in [6.07, 6.45) is 1.74. The topological polar surface area (TPSA) is 45.1 Å². The van der Waals surface area contributed by atoms with Crippen LogP contribution in [-0.4, -0.2) is 16.7 Å². The molecule has 0 bridgehead atoms. The first-order valence-electron chi connectivity index (χ1n) is 5.34. The monoisotopic (exact) mass is 340 g/mol. The molecule has 0 spiro atoms. The van der Waals surface area contributed by atoms with Gasteiger partial charge in [-0.2, -0.15) is 0 Å². The average molecular weight is 340 g/mol. The third-order valence-corrected chi connectivity index (χ3v) is 3.32. The van der Waals surface area contributed by atoms with E-state index >= 15 is 0 Å². The third kappa shape index (κ3) is 3.17. The van der Waals surface area contributed by atoms with Crippen molar-refractivity contribution in [3.63, 3.8) is 0 Å². The Morgan fingerprint density at radius 1 is 1.18 bits per heavy atom. The highest BCUT2D eigenvalue weighted by atomic mass is 127. The van der Waals surface area contributed by atoms with Crippen molar-refractivity contribution in [1.82, 2.24) is 4.98 Å². The van der Waals surface area contributed by atoms with E-state index in [4.69, 9.17) is 0 Å². The van der Waals surface area contributed by atoms with E-state index in [1.165, 1.54) is 0 Å².